The SMILES string of the molecule is CNC(=O)c1cccnc1NS(=O)(=O)c1cn(C(C)C)cn1. The van der Waals surface area contributed by atoms with Crippen LogP contribution in [0, 0.1) is 0 Å². The van der Waals surface area contributed by atoms with E-state index in [1.807, 2.05) is 13.8 Å². The Labute approximate surface area is 128 Å². The Morgan fingerprint density at radius 1 is 1.32 bits per heavy atom. The van der Waals surface area contributed by atoms with E-state index in [9.17, 15) is 13.2 Å². The second-order valence-corrected chi connectivity index (χ2v) is 6.47. The molecular formula is C13H17N5O3S. The van der Waals surface area contributed by atoms with Crippen molar-refractivity contribution < 1.29 is 13.2 Å². The average molecular weight is 323 g/mol. The summed E-state index contributed by atoms with van der Waals surface area (Å²) in [7, 11) is -2.46. The van der Waals surface area contributed by atoms with Crippen LogP contribution in [0.5, 0.6) is 0 Å². The van der Waals surface area contributed by atoms with Gasteiger partial charge in [-0.15, -0.1) is 0 Å². The highest BCUT2D eigenvalue weighted by Crippen LogP contribution is 2.17. The van der Waals surface area contributed by atoms with Crippen LogP contribution >= 0.6 is 0 Å². The highest BCUT2D eigenvalue weighted by atomic mass is 32.2. The molecular weight excluding hydrogens is 306 g/mol. The molecule has 2 aromatic rings. The van der Waals surface area contributed by atoms with E-state index in [4.69, 9.17) is 0 Å². The minimum absolute atomic E-state index is 0.0408. The summed E-state index contributed by atoms with van der Waals surface area (Å²) >= 11 is 0. The maximum absolute atomic E-state index is 12.3. The van der Waals surface area contributed by atoms with Gasteiger partial charge in [-0.05, 0) is 26.0 Å². The first kappa shape index (κ1) is 16.0. The zero-order chi connectivity index (χ0) is 16.3. The molecule has 118 valence electrons. The Morgan fingerprint density at radius 2 is 2.05 bits per heavy atom. The van der Waals surface area contributed by atoms with Gasteiger partial charge in [-0.1, -0.05) is 0 Å². The molecule has 0 aliphatic heterocycles. The van der Waals surface area contributed by atoms with Crippen molar-refractivity contribution in [3.8, 4) is 0 Å². The molecule has 2 aromatic heterocycles. The molecule has 2 N–H and O–H groups in total. The van der Waals surface area contributed by atoms with Gasteiger partial charge < -0.3 is 9.88 Å². The maximum atomic E-state index is 12.3. The molecule has 0 aromatic carbocycles. The summed E-state index contributed by atoms with van der Waals surface area (Å²) in [4.78, 5) is 19.5. The molecule has 0 radical (unpaired) electrons. The first-order chi connectivity index (χ1) is 10.3. The van der Waals surface area contributed by atoms with Crippen LogP contribution in [0.15, 0.2) is 35.9 Å². The zero-order valence-electron chi connectivity index (χ0n) is 12.4. The second-order valence-electron chi connectivity index (χ2n) is 4.84. The largest absolute Gasteiger partial charge is 0.355 e. The monoisotopic (exact) mass is 323 g/mol. The predicted molar refractivity (Wildman–Crippen MR) is 81.0 cm³/mol. The van der Waals surface area contributed by atoms with Crippen molar-refractivity contribution in [3.05, 3.63) is 36.4 Å². The van der Waals surface area contributed by atoms with Crippen LogP contribution in [0.2, 0.25) is 0 Å². The minimum Gasteiger partial charge on any atom is -0.355 e. The van der Waals surface area contributed by atoms with Crippen molar-refractivity contribution in [1.82, 2.24) is 19.9 Å². The third-order valence-electron chi connectivity index (χ3n) is 2.96. The third-order valence-corrected chi connectivity index (χ3v) is 4.18. The molecule has 0 atom stereocenters. The van der Waals surface area contributed by atoms with Crippen molar-refractivity contribution in [3.63, 3.8) is 0 Å². The number of rotatable bonds is 5. The number of hydrogen-bond donors (Lipinski definition) is 2. The first-order valence-electron chi connectivity index (χ1n) is 6.58. The molecule has 2 heterocycles. The minimum atomic E-state index is -3.91. The Morgan fingerprint density at radius 3 is 2.64 bits per heavy atom. The van der Waals surface area contributed by atoms with Gasteiger partial charge in [-0.25, -0.2) is 9.97 Å². The average Bonchev–Trinajstić information content (AvgIpc) is 2.97. The van der Waals surface area contributed by atoms with Crippen molar-refractivity contribution >= 4 is 21.7 Å². The van der Waals surface area contributed by atoms with E-state index in [-0.39, 0.29) is 22.4 Å². The fourth-order valence-electron chi connectivity index (χ4n) is 1.72. The number of carbonyl (C=O) groups is 1. The summed E-state index contributed by atoms with van der Waals surface area (Å²) in [5.41, 5.74) is 0.136. The lowest BCUT2D eigenvalue weighted by atomic mass is 10.2. The quantitative estimate of drug-likeness (QED) is 0.854. The van der Waals surface area contributed by atoms with E-state index in [1.165, 1.54) is 31.8 Å². The van der Waals surface area contributed by atoms with Gasteiger partial charge in [0.05, 0.1) is 11.9 Å². The Kier molecular flexibility index (Phi) is 4.45. The van der Waals surface area contributed by atoms with E-state index >= 15 is 0 Å². The normalized spacial score (nSPS) is 11.5. The lowest BCUT2D eigenvalue weighted by Gasteiger charge is -2.09. The molecule has 0 fully saturated rings. The smallest absolute Gasteiger partial charge is 0.282 e. The standard InChI is InChI=1S/C13H17N5O3S/c1-9(2)18-7-11(16-8-18)22(20,21)17-12-10(13(19)14-3)5-4-6-15-12/h4-9H,1-3H3,(H,14,19)(H,15,17). The van der Waals surface area contributed by atoms with Crippen molar-refractivity contribution in [2.45, 2.75) is 24.9 Å². The molecule has 2 rings (SSSR count). The molecule has 0 saturated carbocycles. The molecule has 22 heavy (non-hydrogen) atoms. The second kappa shape index (κ2) is 6.14. The summed E-state index contributed by atoms with van der Waals surface area (Å²) < 4.78 is 28.7. The number of nitrogens with one attached hydrogen (secondary N) is 2. The Balaban J connectivity index is 2.35. The van der Waals surface area contributed by atoms with Crippen molar-refractivity contribution in [1.29, 1.82) is 0 Å². The maximum Gasteiger partial charge on any atom is 0.282 e. The molecule has 0 aliphatic carbocycles. The number of carbonyl (C=O) groups excluding carboxylic acids is 1. The van der Waals surface area contributed by atoms with Gasteiger partial charge in [-0.2, -0.15) is 8.42 Å². The van der Waals surface area contributed by atoms with Gasteiger partial charge >= 0.3 is 0 Å². The fourth-order valence-corrected chi connectivity index (χ4v) is 2.69. The lowest BCUT2D eigenvalue weighted by Crippen LogP contribution is -2.22. The van der Waals surface area contributed by atoms with Crippen molar-refractivity contribution in [2.24, 2.45) is 0 Å². The number of anilines is 1. The molecule has 0 unspecified atom stereocenters. The molecule has 0 aliphatic rings. The molecule has 0 saturated heterocycles. The predicted octanol–water partition coefficient (Wildman–Crippen LogP) is 1.02. The topological polar surface area (TPSA) is 106 Å². The van der Waals surface area contributed by atoms with Gasteiger partial charge in [0.15, 0.2) is 10.8 Å². The van der Waals surface area contributed by atoms with Gasteiger partial charge in [0, 0.05) is 25.5 Å². The third kappa shape index (κ3) is 3.25. The highest BCUT2D eigenvalue weighted by molar-refractivity contribution is 7.92. The number of pyridine rings is 1. The number of aromatic nitrogens is 3. The van der Waals surface area contributed by atoms with Gasteiger partial charge in [0.1, 0.15) is 0 Å². The van der Waals surface area contributed by atoms with Crippen LogP contribution in [0.25, 0.3) is 0 Å². The van der Waals surface area contributed by atoms with E-state index in [0.717, 1.165) is 0 Å². The van der Waals surface area contributed by atoms with E-state index in [0.29, 0.717) is 0 Å². The summed E-state index contributed by atoms with van der Waals surface area (Å²) in [6, 6.07) is 3.12. The van der Waals surface area contributed by atoms with Crippen LogP contribution in [-0.2, 0) is 10.0 Å². The summed E-state index contributed by atoms with van der Waals surface area (Å²) in [6.45, 7) is 3.82. The molecule has 0 spiro atoms. The van der Waals surface area contributed by atoms with E-state index in [1.54, 1.807) is 10.6 Å². The van der Waals surface area contributed by atoms with Gasteiger partial charge in [0.25, 0.3) is 15.9 Å². The highest BCUT2D eigenvalue weighted by Gasteiger charge is 2.21. The van der Waals surface area contributed by atoms with Gasteiger partial charge in [0.2, 0.25) is 0 Å². The van der Waals surface area contributed by atoms with Crippen LogP contribution in [0.1, 0.15) is 30.2 Å². The molecule has 9 heteroatoms. The summed E-state index contributed by atoms with van der Waals surface area (Å²) in [5.74, 6) is -0.473. The molecule has 1 amide bonds. The van der Waals surface area contributed by atoms with E-state index in [2.05, 4.69) is 20.0 Å². The Bertz CT molecular complexity index is 782. The number of nitrogens with zero attached hydrogens (tertiary/aromatic N) is 3. The van der Waals surface area contributed by atoms with Crippen LogP contribution in [-0.4, -0.2) is 35.9 Å². The Hall–Kier alpha value is -2.42. The summed E-state index contributed by atoms with van der Waals surface area (Å²) in [5, 5.41) is 2.30. The number of imidazole rings is 1. The fraction of sp³-hybridized carbons (Fsp3) is 0.308. The first-order valence-corrected chi connectivity index (χ1v) is 8.07. The molecule has 8 nitrogen and oxygen atoms in total. The van der Waals surface area contributed by atoms with Crippen LogP contribution in [0.3, 0.4) is 0 Å². The van der Waals surface area contributed by atoms with Crippen LogP contribution in [0.4, 0.5) is 5.82 Å². The lowest BCUT2D eigenvalue weighted by molar-refractivity contribution is 0.0963. The number of hydrogen-bond acceptors (Lipinski definition) is 5. The van der Waals surface area contributed by atoms with E-state index < -0.39 is 15.9 Å². The van der Waals surface area contributed by atoms with Crippen LogP contribution < -0.4 is 10.0 Å². The zero-order valence-corrected chi connectivity index (χ0v) is 13.3. The van der Waals surface area contributed by atoms with Gasteiger partial charge in [-0.3, -0.25) is 9.52 Å². The number of amides is 1. The number of sulfonamides is 1. The molecule has 0 bridgehead atoms. The summed E-state index contributed by atoms with van der Waals surface area (Å²) in [6.07, 6.45) is 4.27. The van der Waals surface area contributed by atoms with Crippen molar-refractivity contribution in [2.75, 3.05) is 11.8 Å².